The Morgan fingerprint density at radius 3 is 1.89 bits per heavy atom. The second-order valence-electron chi connectivity index (χ2n) is 4.25. The van der Waals surface area contributed by atoms with Crippen LogP contribution in [-0.2, 0) is 12.0 Å². The van der Waals surface area contributed by atoms with Gasteiger partial charge in [-0.3, -0.25) is 0 Å². The molecule has 0 radical (unpaired) electrons. The summed E-state index contributed by atoms with van der Waals surface area (Å²) < 4.78 is 26.4. The van der Waals surface area contributed by atoms with Gasteiger partial charge in [0, 0.05) is 6.42 Å². The molecule has 0 aliphatic carbocycles. The van der Waals surface area contributed by atoms with Crippen LogP contribution in [-0.4, -0.2) is 11.5 Å². The van der Waals surface area contributed by atoms with Crippen LogP contribution in [0.3, 0.4) is 0 Å². The lowest BCUT2D eigenvalue weighted by Crippen LogP contribution is -2.36. The maximum Gasteiger partial charge on any atom is 0.271 e. The topological polar surface area (TPSA) is 20.2 Å². The van der Waals surface area contributed by atoms with Gasteiger partial charge in [0.2, 0.25) is 0 Å². The molecule has 0 amide bonds. The second kappa shape index (κ2) is 5.27. The first kappa shape index (κ1) is 12.7. The smallest absolute Gasteiger partial charge is 0.271 e. The van der Waals surface area contributed by atoms with E-state index in [-0.39, 0.29) is 12.0 Å². The number of hydrogen-bond acceptors (Lipinski definition) is 1. The number of aliphatic hydroxyl groups is 1. The van der Waals surface area contributed by atoms with Crippen molar-refractivity contribution in [1.82, 2.24) is 0 Å². The highest BCUT2D eigenvalue weighted by atomic mass is 19.3. The highest BCUT2D eigenvalue weighted by molar-refractivity contribution is 5.27. The van der Waals surface area contributed by atoms with Gasteiger partial charge >= 0.3 is 0 Å². The van der Waals surface area contributed by atoms with Gasteiger partial charge in [-0.05, 0) is 11.1 Å². The normalized spacial score (nSPS) is 14.4. The standard InChI is InChI=1S/C15H14F2O/c16-14(17)15(18,13-9-5-2-6-10-13)11-12-7-3-1-4-8-12/h1-10,14,18H,11H2. The lowest BCUT2D eigenvalue weighted by molar-refractivity contribution is -0.101. The van der Waals surface area contributed by atoms with Crippen LogP contribution in [0.1, 0.15) is 11.1 Å². The van der Waals surface area contributed by atoms with Crippen molar-refractivity contribution in [2.75, 3.05) is 0 Å². The van der Waals surface area contributed by atoms with E-state index in [2.05, 4.69) is 0 Å². The van der Waals surface area contributed by atoms with Crippen molar-refractivity contribution in [3.8, 4) is 0 Å². The summed E-state index contributed by atoms with van der Waals surface area (Å²) in [5.41, 5.74) is -1.21. The van der Waals surface area contributed by atoms with Crippen LogP contribution >= 0.6 is 0 Å². The summed E-state index contributed by atoms with van der Waals surface area (Å²) in [5.74, 6) is 0. The van der Waals surface area contributed by atoms with E-state index in [4.69, 9.17) is 0 Å². The molecule has 0 bridgehead atoms. The third-order valence-corrected chi connectivity index (χ3v) is 2.95. The van der Waals surface area contributed by atoms with Crippen LogP contribution in [0.15, 0.2) is 60.7 Å². The fraction of sp³-hybridized carbons (Fsp3) is 0.200. The van der Waals surface area contributed by atoms with Crippen molar-refractivity contribution in [1.29, 1.82) is 0 Å². The fourth-order valence-electron chi connectivity index (χ4n) is 1.94. The molecule has 2 rings (SSSR count). The Balaban J connectivity index is 2.34. The van der Waals surface area contributed by atoms with Crippen molar-refractivity contribution in [2.24, 2.45) is 0 Å². The predicted octanol–water partition coefficient (Wildman–Crippen LogP) is 3.38. The monoisotopic (exact) mass is 248 g/mol. The number of alkyl halides is 2. The van der Waals surface area contributed by atoms with Gasteiger partial charge in [0.1, 0.15) is 0 Å². The van der Waals surface area contributed by atoms with Crippen molar-refractivity contribution in [3.63, 3.8) is 0 Å². The molecule has 0 aromatic heterocycles. The highest BCUT2D eigenvalue weighted by Crippen LogP contribution is 2.32. The quantitative estimate of drug-likeness (QED) is 0.879. The van der Waals surface area contributed by atoms with Crippen LogP contribution in [0.5, 0.6) is 0 Å². The van der Waals surface area contributed by atoms with Gasteiger partial charge in [-0.2, -0.15) is 0 Å². The minimum atomic E-state index is -2.83. The lowest BCUT2D eigenvalue weighted by Gasteiger charge is -2.28. The van der Waals surface area contributed by atoms with E-state index in [1.54, 1.807) is 42.5 Å². The van der Waals surface area contributed by atoms with E-state index in [1.165, 1.54) is 12.1 Å². The molecule has 0 heterocycles. The third-order valence-electron chi connectivity index (χ3n) is 2.95. The Labute approximate surface area is 105 Å². The zero-order chi connectivity index (χ0) is 13.0. The van der Waals surface area contributed by atoms with E-state index >= 15 is 0 Å². The SMILES string of the molecule is OC(Cc1ccccc1)(c1ccccc1)C(F)F. The van der Waals surface area contributed by atoms with Crippen LogP contribution < -0.4 is 0 Å². The number of benzene rings is 2. The van der Waals surface area contributed by atoms with Crippen molar-refractivity contribution in [2.45, 2.75) is 18.4 Å². The Morgan fingerprint density at radius 1 is 0.889 bits per heavy atom. The molecule has 0 aliphatic rings. The molecule has 0 spiro atoms. The number of hydrogen-bond donors (Lipinski definition) is 1. The van der Waals surface area contributed by atoms with Gasteiger partial charge in [-0.25, -0.2) is 8.78 Å². The van der Waals surface area contributed by atoms with Crippen molar-refractivity contribution < 1.29 is 13.9 Å². The van der Waals surface area contributed by atoms with E-state index in [0.29, 0.717) is 5.56 Å². The van der Waals surface area contributed by atoms with E-state index in [0.717, 1.165) is 0 Å². The molecular formula is C15H14F2O. The summed E-state index contributed by atoms with van der Waals surface area (Å²) in [6.45, 7) is 0. The summed E-state index contributed by atoms with van der Waals surface area (Å²) in [6.07, 6.45) is -2.93. The molecule has 1 atom stereocenters. The number of halogens is 2. The summed E-state index contributed by atoms with van der Waals surface area (Å²) in [5, 5.41) is 10.3. The zero-order valence-corrected chi connectivity index (χ0v) is 9.76. The maximum absolute atomic E-state index is 13.2. The molecule has 0 saturated carbocycles. The van der Waals surface area contributed by atoms with Crippen LogP contribution in [0.2, 0.25) is 0 Å². The van der Waals surface area contributed by atoms with Gasteiger partial charge in [-0.15, -0.1) is 0 Å². The molecule has 1 nitrogen and oxygen atoms in total. The van der Waals surface area contributed by atoms with Crippen molar-refractivity contribution >= 4 is 0 Å². The summed E-state index contributed by atoms with van der Waals surface area (Å²) in [7, 11) is 0. The third kappa shape index (κ3) is 2.57. The zero-order valence-electron chi connectivity index (χ0n) is 9.76. The molecule has 3 heteroatoms. The first-order chi connectivity index (χ1) is 8.63. The Morgan fingerprint density at radius 2 is 1.39 bits per heavy atom. The maximum atomic E-state index is 13.2. The molecule has 2 aromatic rings. The van der Waals surface area contributed by atoms with E-state index in [9.17, 15) is 13.9 Å². The Bertz CT molecular complexity index is 484. The van der Waals surface area contributed by atoms with Gasteiger partial charge in [0.05, 0.1) is 0 Å². The average Bonchev–Trinajstić information content (AvgIpc) is 2.40. The largest absolute Gasteiger partial charge is 0.379 e. The average molecular weight is 248 g/mol. The minimum absolute atomic E-state index is 0.102. The van der Waals surface area contributed by atoms with Crippen LogP contribution in [0.25, 0.3) is 0 Å². The lowest BCUT2D eigenvalue weighted by atomic mass is 9.87. The van der Waals surface area contributed by atoms with Gasteiger partial charge < -0.3 is 5.11 Å². The van der Waals surface area contributed by atoms with Crippen LogP contribution in [0, 0.1) is 0 Å². The molecule has 18 heavy (non-hydrogen) atoms. The first-order valence-corrected chi connectivity index (χ1v) is 5.73. The van der Waals surface area contributed by atoms with Crippen molar-refractivity contribution in [3.05, 3.63) is 71.8 Å². The molecule has 1 N–H and O–H groups in total. The molecular weight excluding hydrogens is 234 g/mol. The van der Waals surface area contributed by atoms with Gasteiger partial charge in [0.25, 0.3) is 6.43 Å². The molecule has 0 saturated heterocycles. The fourth-order valence-corrected chi connectivity index (χ4v) is 1.94. The van der Waals surface area contributed by atoms with E-state index in [1.807, 2.05) is 6.07 Å². The Kier molecular flexibility index (Phi) is 3.72. The first-order valence-electron chi connectivity index (χ1n) is 5.73. The molecule has 2 aromatic carbocycles. The molecule has 0 fully saturated rings. The number of rotatable bonds is 4. The van der Waals surface area contributed by atoms with Crippen LogP contribution in [0.4, 0.5) is 8.78 Å². The van der Waals surface area contributed by atoms with E-state index < -0.39 is 12.0 Å². The Hall–Kier alpha value is -1.74. The summed E-state index contributed by atoms with van der Waals surface area (Å²) >= 11 is 0. The minimum Gasteiger partial charge on any atom is -0.379 e. The summed E-state index contributed by atoms with van der Waals surface area (Å²) in [6, 6.07) is 16.9. The second-order valence-corrected chi connectivity index (χ2v) is 4.25. The highest BCUT2D eigenvalue weighted by Gasteiger charge is 2.39. The summed E-state index contributed by atoms with van der Waals surface area (Å²) in [4.78, 5) is 0. The predicted molar refractivity (Wildman–Crippen MR) is 66.5 cm³/mol. The van der Waals surface area contributed by atoms with Gasteiger partial charge in [-0.1, -0.05) is 60.7 Å². The molecule has 1 unspecified atom stereocenters. The van der Waals surface area contributed by atoms with Gasteiger partial charge in [0.15, 0.2) is 5.60 Å². The molecule has 94 valence electrons. The molecule has 0 aliphatic heterocycles.